The number of carbonyl (C=O) groups is 2. The predicted molar refractivity (Wildman–Crippen MR) is 392 cm³/mol. The highest BCUT2D eigenvalue weighted by Crippen LogP contribution is 2.52. The molecule has 7 aromatic carbocycles. The highest BCUT2D eigenvalue weighted by molar-refractivity contribution is 8.19. The molecule has 10 aromatic rings. The van der Waals surface area contributed by atoms with Gasteiger partial charge in [0.05, 0.1) is 41.2 Å². The lowest BCUT2D eigenvalue weighted by molar-refractivity contribution is -0.119. The summed E-state index contributed by atoms with van der Waals surface area (Å²) in [5, 5.41) is 0. The van der Waals surface area contributed by atoms with E-state index in [4.69, 9.17) is 14.7 Å². The highest BCUT2D eigenvalue weighted by atomic mass is 32.3. The van der Waals surface area contributed by atoms with Crippen LogP contribution in [0.4, 0.5) is 0 Å². The normalized spacial score (nSPS) is 17.4. The number of hydrogen-bond donors (Lipinski definition) is 2. The summed E-state index contributed by atoms with van der Waals surface area (Å²) in [4.78, 5) is 42.0. The first-order chi connectivity index (χ1) is 46.7. The van der Waals surface area contributed by atoms with Gasteiger partial charge in [-0.2, -0.15) is 0 Å². The number of ether oxygens (including phenoxy) is 1. The molecule has 0 saturated carbocycles. The molecular formula is C79H81N7O7S4. The summed E-state index contributed by atoms with van der Waals surface area (Å²) in [5.74, 6) is -0.165. The van der Waals surface area contributed by atoms with Crippen molar-refractivity contribution in [2.75, 3.05) is 32.8 Å². The zero-order valence-electron chi connectivity index (χ0n) is 55.9. The lowest BCUT2D eigenvalue weighted by atomic mass is 9.80. The van der Waals surface area contributed by atoms with Gasteiger partial charge in [0.25, 0.3) is 26.0 Å². The number of nitrogens with one attached hydrogen (secondary N) is 2. The molecule has 1 saturated heterocycles. The Labute approximate surface area is 577 Å². The van der Waals surface area contributed by atoms with E-state index in [-0.39, 0.29) is 19.9 Å². The molecule has 2 amide bonds. The van der Waals surface area contributed by atoms with E-state index in [1.807, 2.05) is 103 Å². The van der Waals surface area contributed by atoms with Gasteiger partial charge in [-0.1, -0.05) is 178 Å². The van der Waals surface area contributed by atoms with Crippen molar-refractivity contribution < 1.29 is 31.2 Å². The number of allylic oxidation sites excluding steroid dienone is 4. The number of aromatic nitrogens is 4. The van der Waals surface area contributed by atoms with E-state index < -0.39 is 42.5 Å². The molecule has 2 N–H and O–H groups in total. The number of fused-ring (bicyclic) bond motifs is 2. The molecule has 13 rings (SSSR count). The maximum absolute atomic E-state index is 15.3. The Morgan fingerprint density at radius 1 is 0.660 bits per heavy atom. The number of sulfonamides is 2. The van der Waals surface area contributed by atoms with Crippen LogP contribution in [-0.2, 0) is 68.4 Å². The molecule has 2 aliphatic heterocycles. The van der Waals surface area contributed by atoms with Crippen LogP contribution in [0.25, 0.3) is 38.8 Å². The minimum absolute atomic E-state index is 0.0723. The Hall–Kier alpha value is -8.49. The Balaban J connectivity index is 0.769. The standard InChI is InChI=1S/C79H81N7O7S4/c1-8-70-80-73-53(5)39-51(3)40-68(73)85(70)48-57-28-33-60(34-29-57)67-47-79(7,50-84-35-37-93-38-36-84)95-78(67)97(91,92)83-76(88)72(61-21-15-11-16-22-61)63-30-25-52(4)64(45-63)42-58-41-54(6)74-69(44-58)86(71(9-2)81-74)49-56-26-31-59(32-27-56)66-46-65(43-55-19-13-10-14-20-55)94-77(66)96(89,90)82-75(87)62-23-17-12-18-24-62/h10-24,26-34,39-41,44-46,52,72H,8-9,25,35-38,42-43,47-50H2,1-7H3,(H,82,87)(H,83,88). The van der Waals surface area contributed by atoms with E-state index in [0.29, 0.717) is 87.2 Å². The first-order valence-corrected chi connectivity index (χ1v) is 38.0. The fourth-order valence-electron chi connectivity index (χ4n) is 14.1. The number of rotatable bonds is 22. The van der Waals surface area contributed by atoms with Crippen LogP contribution in [0.3, 0.4) is 0 Å². The number of hydrogen-bond acceptors (Lipinski definition) is 12. The number of carbonyl (C=O) groups excluding carboxylic acids is 2. The van der Waals surface area contributed by atoms with Gasteiger partial charge < -0.3 is 13.9 Å². The number of benzene rings is 7. The number of morpholine rings is 1. The fourth-order valence-corrected chi connectivity index (χ4v) is 20.2. The third-order valence-corrected chi connectivity index (χ3v) is 25.2. The molecule has 3 aliphatic rings. The fraction of sp³-hybridized carbons (Fsp3) is 0.291. The van der Waals surface area contributed by atoms with Crippen molar-refractivity contribution in [2.24, 2.45) is 5.92 Å². The maximum Gasteiger partial charge on any atom is 0.274 e. The quantitative estimate of drug-likeness (QED) is 0.0661. The van der Waals surface area contributed by atoms with Crippen molar-refractivity contribution in [2.45, 2.75) is 115 Å². The van der Waals surface area contributed by atoms with Crippen molar-refractivity contribution in [1.82, 2.24) is 33.4 Å². The van der Waals surface area contributed by atoms with E-state index in [9.17, 15) is 13.2 Å². The molecule has 14 nitrogen and oxygen atoms in total. The van der Waals surface area contributed by atoms with Crippen molar-refractivity contribution in [1.29, 1.82) is 0 Å². The molecule has 498 valence electrons. The molecule has 1 aliphatic carbocycles. The summed E-state index contributed by atoms with van der Waals surface area (Å²) < 4.78 is 74.0. The second-order valence-corrected chi connectivity index (χ2v) is 32.9. The van der Waals surface area contributed by atoms with Gasteiger partial charge in [-0.25, -0.2) is 36.2 Å². The van der Waals surface area contributed by atoms with Gasteiger partial charge in [-0.05, 0) is 150 Å². The third-order valence-electron chi connectivity index (χ3n) is 18.9. The molecule has 1 fully saturated rings. The Morgan fingerprint density at radius 2 is 1.25 bits per heavy atom. The van der Waals surface area contributed by atoms with Crippen molar-refractivity contribution in [3.8, 4) is 11.1 Å². The molecule has 97 heavy (non-hydrogen) atoms. The molecule has 18 heteroatoms. The van der Waals surface area contributed by atoms with Crippen LogP contribution < -0.4 is 9.44 Å². The van der Waals surface area contributed by atoms with Crippen molar-refractivity contribution in [3.05, 3.63) is 270 Å². The van der Waals surface area contributed by atoms with Crippen LogP contribution in [0, 0.1) is 26.7 Å². The van der Waals surface area contributed by atoms with Gasteiger partial charge in [-0.15, -0.1) is 23.1 Å². The third kappa shape index (κ3) is 14.6. The van der Waals surface area contributed by atoms with Gasteiger partial charge >= 0.3 is 0 Å². The molecule has 0 radical (unpaired) electrons. The second-order valence-electron chi connectivity index (χ2n) is 26.4. The topological polar surface area (TPSA) is 175 Å². The molecule has 0 spiro atoms. The minimum atomic E-state index is -4.42. The van der Waals surface area contributed by atoms with E-state index in [0.717, 1.165) is 108 Å². The number of amides is 2. The van der Waals surface area contributed by atoms with Crippen LogP contribution in [-0.4, -0.2) is 90.2 Å². The lowest BCUT2D eigenvalue weighted by Gasteiger charge is -2.34. The Morgan fingerprint density at radius 3 is 1.88 bits per heavy atom. The molecule has 5 heterocycles. The lowest BCUT2D eigenvalue weighted by Crippen LogP contribution is -2.44. The molecule has 3 aromatic heterocycles. The van der Waals surface area contributed by atoms with Crippen LogP contribution >= 0.6 is 23.1 Å². The first-order valence-electron chi connectivity index (χ1n) is 33.4. The van der Waals surface area contributed by atoms with Crippen LogP contribution in [0.5, 0.6) is 0 Å². The number of thiophene rings is 1. The number of thioether (sulfide) groups is 1. The molecule has 3 atom stereocenters. The predicted octanol–water partition coefficient (Wildman–Crippen LogP) is 15.2. The largest absolute Gasteiger partial charge is 0.379 e. The average Bonchev–Trinajstić information content (AvgIpc) is 1.67. The molecule has 3 unspecified atom stereocenters. The van der Waals surface area contributed by atoms with Gasteiger partial charge in [0.15, 0.2) is 0 Å². The van der Waals surface area contributed by atoms with E-state index in [1.54, 1.807) is 30.3 Å². The zero-order chi connectivity index (χ0) is 67.8. The molecule has 0 bridgehead atoms. The Bertz CT molecular complexity index is 4960. The van der Waals surface area contributed by atoms with E-state index in [2.05, 4.69) is 120 Å². The summed E-state index contributed by atoms with van der Waals surface area (Å²) in [6.45, 7) is 19.4. The highest BCUT2D eigenvalue weighted by Gasteiger charge is 2.44. The minimum Gasteiger partial charge on any atom is -0.379 e. The van der Waals surface area contributed by atoms with Crippen molar-refractivity contribution in [3.63, 3.8) is 0 Å². The summed E-state index contributed by atoms with van der Waals surface area (Å²) >= 11 is 2.51. The van der Waals surface area contributed by atoms with Gasteiger partial charge in [0.2, 0.25) is 5.91 Å². The smallest absolute Gasteiger partial charge is 0.274 e. The average molecular weight is 1370 g/mol. The monoisotopic (exact) mass is 1370 g/mol. The van der Waals surface area contributed by atoms with E-state index in [1.165, 1.54) is 28.7 Å². The van der Waals surface area contributed by atoms with E-state index >= 15 is 13.2 Å². The Kier molecular flexibility index (Phi) is 19.5. The van der Waals surface area contributed by atoms with Gasteiger partial charge in [0.1, 0.15) is 20.1 Å². The summed E-state index contributed by atoms with van der Waals surface area (Å²) in [6.07, 6.45) is 7.96. The second kappa shape index (κ2) is 28.2. The number of aryl methyl sites for hydroxylation is 5. The van der Waals surface area contributed by atoms with Crippen LogP contribution in [0.15, 0.2) is 202 Å². The first kappa shape index (κ1) is 67.1. The van der Waals surface area contributed by atoms with Gasteiger partial charge in [0, 0.05) is 72.7 Å². The summed E-state index contributed by atoms with van der Waals surface area (Å²) in [7, 11) is -8.70. The SMILES string of the molecule is CCc1nc2c(C)cc(C)cc2n1Cc1ccc(C2=C(S(=O)(=O)NC(=O)C(C3=CCC(C)C(Cc4cc(C)c5nc(CC)n(Cc6ccc(-c7cc(Cc8ccccc8)sc7S(=O)(=O)NC(=O)c7ccccc7)cc6)c5c4)=C3)c3ccccc3)SC(C)(CN3CCOCC3)C2)cc1. The maximum atomic E-state index is 15.3. The summed E-state index contributed by atoms with van der Waals surface area (Å²) in [5.41, 5.74) is 17.1. The van der Waals surface area contributed by atoms with Crippen LogP contribution in [0.1, 0.15) is 123 Å². The number of imidazole rings is 2. The van der Waals surface area contributed by atoms with Crippen molar-refractivity contribution >= 4 is 82.6 Å². The zero-order valence-corrected chi connectivity index (χ0v) is 59.2. The van der Waals surface area contributed by atoms with Gasteiger partial charge in [-0.3, -0.25) is 14.5 Å². The number of nitrogens with zero attached hydrogens (tertiary/aromatic N) is 5. The summed E-state index contributed by atoms with van der Waals surface area (Å²) in [6, 6.07) is 54.6. The molecular weight excluding hydrogens is 1290 g/mol. The van der Waals surface area contributed by atoms with Crippen LogP contribution in [0.2, 0.25) is 0 Å².